The first kappa shape index (κ1) is 25.2. The van der Waals surface area contributed by atoms with Crippen molar-refractivity contribution >= 4 is 23.2 Å². The molecule has 2 aromatic heterocycles. The van der Waals surface area contributed by atoms with E-state index in [1.165, 1.54) is 7.11 Å². The molecule has 7 heteroatoms. The number of hydrogen-bond acceptors (Lipinski definition) is 5. The van der Waals surface area contributed by atoms with Crippen LogP contribution in [0.2, 0.25) is 5.02 Å². The number of aryl methyl sites for hydroxylation is 2. The monoisotopic (exact) mass is 518 g/mol. The third-order valence-corrected chi connectivity index (χ3v) is 6.67. The molecule has 0 N–H and O–H groups in total. The second kappa shape index (κ2) is 9.75. The summed E-state index contributed by atoms with van der Waals surface area (Å²) >= 11 is 6.28. The highest BCUT2D eigenvalue weighted by Crippen LogP contribution is 2.43. The van der Waals surface area contributed by atoms with E-state index < -0.39 is 5.60 Å². The number of methoxy groups -OCH3 is 1. The molecule has 2 aromatic carbocycles. The Kier molecular flexibility index (Phi) is 6.63. The summed E-state index contributed by atoms with van der Waals surface area (Å²) in [6.45, 7) is 8.75. The molecule has 5 rings (SSSR count). The van der Waals surface area contributed by atoms with Crippen molar-refractivity contribution in [3.8, 4) is 33.9 Å². The molecule has 37 heavy (non-hydrogen) atoms. The molecule has 1 aliphatic rings. The zero-order valence-electron chi connectivity index (χ0n) is 21.9. The highest BCUT2D eigenvalue weighted by molar-refractivity contribution is 6.30. The van der Waals surface area contributed by atoms with Crippen molar-refractivity contribution in [3.05, 3.63) is 70.5 Å². The number of carbonyl (C=O) groups is 1. The Morgan fingerprint density at radius 2 is 2.00 bits per heavy atom. The van der Waals surface area contributed by atoms with Gasteiger partial charge < -0.3 is 18.6 Å². The fraction of sp³-hybridized carbons (Fsp3) is 0.333. The number of fused-ring (bicyclic) bond motifs is 2. The van der Waals surface area contributed by atoms with Crippen molar-refractivity contribution in [2.24, 2.45) is 0 Å². The van der Waals surface area contributed by atoms with Gasteiger partial charge in [-0.1, -0.05) is 23.7 Å². The Labute approximate surface area is 222 Å². The molecule has 0 saturated carbocycles. The molecule has 1 aliphatic heterocycles. The smallest absolute Gasteiger partial charge is 0.310 e. The lowest BCUT2D eigenvalue weighted by molar-refractivity contribution is -0.139. The maximum absolute atomic E-state index is 12.5. The summed E-state index contributed by atoms with van der Waals surface area (Å²) in [6.07, 6.45) is 5.98. The average molecular weight is 519 g/mol. The number of ether oxygens (including phenoxy) is 3. The van der Waals surface area contributed by atoms with E-state index in [4.69, 9.17) is 30.8 Å². The quantitative estimate of drug-likeness (QED) is 0.270. The second-order valence-electron chi connectivity index (χ2n) is 10.4. The molecule has 0 saturated heterocycles. The van der Waals surface area contributed by atoms with Crippen LogP contribution >= 0.6 is 11.6 Å². The molecule has 0 fully saturated rings. The normalized spacial score (nSPS) is 13.2. The first-order valence-corrected chi connectivity index (χ1v) is 12.8. The van der Waals surface area contributed by atoms with Gasteiger partial charge in [0.2, 0.25) is 0 Å². The number of pyridine rings is 1. The lowest BCUT2D eigenvalue weighted by Gasteiger charge is -2.27. The van der Waals surface area contributed by atoms with Gasteiger partial charge in [-0.15, -0.1) is 0 Å². The van der Waals surface area contributed by atoms with E-state index in [0.29, 0.717) is 17.4 Å². The van der Waals surface area contributed by atoms with Gasteiger partial charge in [0.25, 0.3) is 0 Å². The van der Waals surface area contributed by atoms with Gasteiger partial charge in [0.05, 0.1) is 25.8 Å². The van der Waals surface area contributed by atoms with E-state index in [1.807, 2.05) is 74.8 Å². The number of carbonyl (C=O) groups excluding carboxylic acids is 1. The van der Waals surface area contributed by atoms with Gasteiger partial charge in [-0.05, 0) is 75.4 Å². The number of rotatable bonds is 5. The van der Waals surface area contributed by atoms with Crippen molar-refractivity contribution in [1.82, 2.24) is 9.38 Å². The molecule has 0 unspecified atom stereocenters. The number of halogens is 1. The second-order valence-corrected chi connectivity index (χ2v) is 10.8. The fourth-order valence-corrected chi connectivity index (χ4v) is 4.99. The largest absolute Gasteiger partial charge is 0.493 e. The summed E-state index contributed by atoms with van der Waals surface area (Å²) in [6, 6.07) is 11.8. The van der Waals surface area contributed by atoms with Crippen LogP contribution in [0, 0.1) is 6.92 Å². The molecule has 192 valence electrons. The molecule has 0 radical (unpaired) electrons. The molecule has 0 aliphatic carbocycles. The minimum absolute atomic E-state index is 0.121. The average Bonchev–Trinajstić information content (AvgIpc) is 3.26. The van der Waals surface area contributed by atoms with E-state index in [2.05, 4.69) is 6.07 Å². The van der Waals surface area contributed by atoms with Crippen LogP contribution < -0.4 is 9.47 Å². The van der Waals surface area contributed by atoms with Crippen molar-refractivity contribution in [3.63, 3.8) is 0 Å². The predicted molar refractivity (Wildman–Crippen MR) is 146 cm³/mol. The summed E-state index contributed by atoms with van der Waals surface area (Å²) in [4.78, 5) is 17.6. The maximum Gasteiger partial charge on any atom is 0.310 e. The SMILES string of the molecule is COC(=O)Cc1c(C)cn2cc(-c3cccc(Cl)c3)nc2c1-c1cc2c(cc1OC(C)(C)C)OCCC2. The van der Waals surface area contributed by atoms with E-state index in [0.717, 1.165) is 63.3 Å². The summed E-state index contributed by atoms with van der Waals surface area (Å²) in [5.41, 5.74) is 6.67. The van der Waals surface area contributed by atoms with Crippen molar-refractivity contribution in [2.75, 3.05) is 13.7 Å². The van der Waals surface area contributed by atoms with Gasteiger partial charge in [0, 0.05) is 40.2 Å². The standard InChI is InChI=1S/C30H31ClN2O4/c1-18-16-33-17-24(19-8-6-10-21(31)12-19)32-29(33)28(22(18)14-27(34)35-5)23-13-20-9-7-11-36-25(20)15-26(23)37-30(2,3)4/h6,8,10,12-13,15-17H,7,9,11,14H2,1-5H3. The van der Waals surface area contributed by atoms with Gasteiger partial charge in [-0.3, -0.25) is 4.79 Å². The molecule has 0 amide bonds. The van der Waals surface area contributed by atoms with Crippen LogP contribution in [0.5, 0.6) is 11.5 Å². The molecule has 0 atom stereocenters. The summed E-state index contributed by atoms with van der Waals surface area (Å²) in [7, 11) is 1.41. The Morgan fingerprint density at radius 1 is 1.19 bits per heavy atom. The minimum Gasteiger partial charge on any atom is -0.493 e. The Balaban J connectivity index is 1.82. The Morgan fingerprint density at radius 3 is 2.73 bits per heavy atom. The lowest BCUT2D eigenvalue weighted by Crippen LogP contribution is -2.24. The number of esters is 1. The first-order chi connectivity index (χ1) is 17.6. The Bertz CT molecular complexity index is 1500. The van der Waals surface area contributed by atoms with Crippen LogP contribution in [0.15, 0.2) is 48.8 Å². The Hall–Kier alpha value is -3.51. The van der Waals surface area contributed by atoms with Gasteiger partial charge >= 0.3 is 5.97 Å². The highest BCUT2D eigenvalue weighted by Gasteiger charge is 2.26. The maximum atomic E-state index is 12.5. The van der Waals surface area contributed by atoms with Crippen LogP contribution in [-0.4, -0.2) is 34.7 Å². The number of benzene rings is 2. The van der Waals surface area contributed by atoms with Crippen molar-refractivity contribution in [1.29, 1.82) is 0 Å². The predicted octanol–water partition coefficient (Wildman–Crippen LogP) is 6.85. The third kappa shape index (κ3) is 5.16. The van der Waals surface area contributed by atoms with Crippen LogP contribution in [0.1, 0.15) is 43.9 Å². The van der Waals surface area contributed by atoms with Crippen molar-refractivity contribution in [2.45, 2.75) is 52.6 Å². The fourth-order valence-electron chi connectivity index (χ4n) is 4.80. The molecule has 0 bridgehead atoms. The van der Waals surface area contributed by atoms with Gasteiger partial charge in [-0.25, -0.2) is 4.98 Å². The molecule has 4 aromatic rings. The summed E-state index contributed by atoms with van der Waals surface area (Å²) in [5, 5.41) is 0.646. The van der Waals surface area contributed by atoms with Crippen molar-refractivity contribution < 1.29 is 19.0 Å². The van der Waals surface area contributed by atoms with Crippen LogP contribution in [-0.2, 0) is 22.4 Å². The number of nitrogens with zero attached hydrogens (tertiary/aromatic N) is 2. The minimum atomic E-state index is -0.443. The lowest BCUT2D eigenvalue weighted by atomic mass is 9.92. The number of imidazole rings is 1. The molecule has 6 nitrogen and oxygen atoms in total. The van der Waals surface area contributed by atoms with Gasteiger partial charge in [0.15, 0.2) is 0 Å². The number of aromatic nitrogens is 2. The molecule has 0 spiro atoms. The summed E-state index contributed by atoms with van der Waals surface area (Å²) in [5.74, 6) is 1.23. The molecular weight excluding hydrogens is 488 g/mol. The number of hydrogen-bond donors (Lipinski definition) is 0. The molecule has 3 heterocycles. The van der Waals surface area contributed by atoms with Gasteiger partial charge in [-0.2, -0.15) is 0 Å². The summed E-state index contributed by atoms with van der Waals surface area (Å²) < 4.78 is 19.5. The van der Waals surface area contributed by atoms with Crippen LogP contribution in [0.4, 0.5) is 0 Å². The van der Waals surface area contributed by atoms with Gasteiger partial charge in [0.1, 0.15) is 22.7 Å². The topological polar surface area (TPSA) is 62.1 Å². The van der Waals surface area contributed by atoms with E-state index in [-0.39, 0.29) is 12.4 Å². The zero-order valence-corrected chi connectivity index (χ0v) is 22.6. The zero-order chi connectivity index (χ0) is 26.3. The molecular formula is C30H31ClN2O4. The first-order valence-electron chi connectivity index (χ1n) is 12.5. The third-order valence-electron chi connectivity index (χ3n) is 6.43. The van der Waals surface area contributed by atoms with E-state index in [9.17, 15) is 4.79 Å². The van der Waals surface area contributed by atoms with Crippen LogP contribution in [0.25, 0.3) is 28.0 Å². The highest BCUT2D eigenvalue weighted by atomic mass is 35.5. The van der Waals surface area contributed by atoms with Crippen LogP contribution in [0.3, 0.4) is 0 Å². The van der Waals surface area contributed by atoms with E-state index >= 15 is 0 Å². The van der Waals surface area contributed by atoms with E-state index in [1.54, 1.807) is 0 Å².